The van der Waals surface area contributed by atoms with E-state index >= 15 is 0 Å². The van der Waals surface area contributed by atoms with Gasteiger partial charge in [0.1, 0.15) is 10.6 Å². The predicted molar refractivity (Wildman–Crippen MR) is 138 cm³/mol. The SMILES string of the molecule is CN(C)c1c(C(=O)N[C@H]2CCOc3ccccc32)sc2c(-c3cccc(Cl)c3Cl)cccc12. The number of nitrogens with zero attached hydrogens (tertiary/aromatic N) is 1. The molecule has 4 aromatic rings. The van der Waals surface area contributed by atoms with Gasteiger partial charge < -0.3 is 15.0 Å². The first-order valence-corrected chi connectivity index (χ1v) is 12.2. The second-order valence-corrected chi connectivity index (χ2v) is 9.96. The summed E-state index contributed by atoms with van der Waals surface area (Å²) < 4.78 is 6.76. The van der Waals surface area contributed by atoms with Crippen LogP contribution in [0, 0.1) is 0 Å². The van der Waals surface area contributed by atoms with E-state index < -0.39 is 0 Å². The fourth-order valence-electron chi connectivity index (χ4n) is 4.34. The van der Waals surface area contributed by atoms with Crippen LogP contribution in [0.25, 0.3) is 21.2 Å². The van der Waals surface area contributed by atoms with Gasteiger partial charge in [-0.2, -0.15) is 0 Å². The Morgan fingerprint density at radius 3 is 2.61 bits per heavy atom. The first-order chi connectivity index (χ1) is 16.0. The van der Waals surface area contributed by atoms with Gasteiger partial charge in [-0.05, 0) is 12.1 Å². The predicted octanol–water partition coefficient (Wildman–Crippen LogP) is 7.19. The Labute approximate surface area is 206 Å². The maximum absolute atomic E-state index is 13.6. The summed E-state index contributed by atoms with van der Waals surface area (Å²) in [5, 5.41) is 5.27. The lowest BCUT2D eigenvalue weighted by Gasteiger charge is -2.26. The van der Waals surface area contributed by atoms with Crippen LogP contribution >= 0.6 is 34.5 Å². The number of rotatable bonds is 4. The van der Waals surface area contributed by atoms with Crippen molar-refractivity contribution in [1.82, 2.24) is 5.32 Å². The first kappa shape index (κ1) is 22.1. The van der Waals surface area contributed by atoms with Crippen LogP contribution in [0.5, 0.6) is 5.75 Å². The number of carbonyl (C=O) groups is 1. The van der Waals surface area contributed by atoms with E-state index in [9.17, 15) is 4.79 Å². The van der Waals surface area contributed by atoms with Gasteiger partial charge in [0.05, 0.1) is 28.4 Å². The van der Waals surface area contributed by atoms with Crippen LogP contribution in [0.1, 0.15) is 27.7 Å². The van der Waals surface area contributed by atoms with Crippen molar-refractivity contribution in [3.05, 3.63) is 81.1 Å². The van der Waals surface area contributed by atoms with Crippen LogP contribution in [-0.2, 0) is 0 Å². The average molecular weight is 497 g/mol. The summed E-state index contributed by atoms with van der Waals surface area (Å²) in [4.78, 5) is 16.2. The van der Waals surface area contributed by atoms with E-state index in [0.717, 1.165) is 44.6 Å². The smallest absolute Gasteiger partial charge is 0.264 e. The molecule has 1 aromatic heterocycles. The van der Waals surface area contributed by atoms with Crippen molar-refractivity contribution in [2.75, 3.05) is 25.6 Å². The van der Waals surface area contributed by atoms with E-state index in [4.69, 9.17) is 27.9 Å². The number of amides is 1. The maximum Gasteiger partial charge on any atom is 0.264 e. The van der Waals surface area contributed by atoms with Gasteiger partial charge in [-0.1, -0.05) is 71.7 Å². The molecule has 0 saturated heterocycles. The van der Waals surface area contributed by atoms with Gasteiger partial charge in [0.25, 0.3) is 5.91 Å². The molecule has 33 heavy (non-hydrogen) atoms. The summed E-state index contributed by atoms with van der Waals surface area (Å²) in [6, 6.07) is 19.5. The molecule has 0 radical (unpaired) electrons. The summed E-state index contributed by atoms with van der Waals surface area (Å²) in [6.07, 6.45) is 0.730. The van der Waals surface area contributed by atoms with Crippen LogP contribution in [0.2, 0.25) is 10.0 Å². The summed E-state index contributed by atoms with van der Waals surface area (Å²) >= 11 is 14.3. The molecule has 0 fully saturated rings. The van der Waals surface area contributed by atoms with Crippen molar-refractivity contribution in [2.24, 2.45) is 0 Å². The van der Waals surface area contributed by atoms with Gasteiger partial charge in [-0.3, -0.25) is 4.79 Å². The van der Waals surface area contributed by atoms with E-state index in [1.165, 1.54) is 11.3 Å². The van der Waals surface area contributed by atoms with E-state index in [1.54, 1.807) is 6.07 Å². The van der Waals surface area contributed by atoms with Crippen LogP contribution in [0.3, 0.4) is 0 Å². The van der Waals surface area contributed by atoms with Gasteiger partial charge in [0.2, 0.25) is 0 Å². The normalized spacial score (nSPS) is 15.1. The molecule has 1 aliphatic rings. The zero-order valence-corrected chi connectivity index (χ0v) is 20.5. The monoisotopic (exact) mass is 496 g/mol. The molecule has 7 heteroatoms. The molecule has 0 spiro atoms. The standard InChI is InChI=1S/C26H22Cl2N2O2S/c1-30(2)23-18-10-5-9-16(15-8-6-11-19(27)22(15)28)24(18)33-25(23)26(31)29-20-13-14-32-21-12-4-3-7-17(20)21/h3-12,20H,13-14H2,1-2H3,(H,29,31)/t20-/m0/s1. The molecular weight excluding hydrogens is 475 g/mol. The summed E-state index contributed by atoms with van der Waals surface area (Å²) in [6.45, 7) is 0.576. The highest BCUT2D eigenvalue weighted by atomic mass is 35.5. The van der Waals surface area contributed by atoms with Gasteiger partial charge in [0.15, 0.2) is 0 Å². The minimum Gasteiger partial charge on any atom is -0.493 e. The highest BCUT2D eigenvalue weighted by molar-refractivity contribution is 7.22. The quantitative estimate of drug-likeness (QED) is 0.324. The molecule has 4 nitrogen and oxygen atoms in total. The highest BCUT2D eigenvalue weighted by Crippen LogP contribution is 2.45. The van der Waals surface area contributed by atoms with Crippen LogP contribution in [0.15, 0.2) is 60.7 Å². The number of carbonyl (C=O) groups excluding carboxylic acids is 1. The molecule has 3 aromatic carbocycles. The molecule has 168 valence electrons. The maximum atomic E-state index is 13.6. The van der Waals surface area contributed by atoms with E-state index in [2.05, 4.69) is 5.32 Å². The summed E-state index contributed by atoms with van der Waals surface area (Å²) in [5.74, 6) is 0.737. The first-order valence-electron chi connectivity index (χ1n) is 10.7. The van der Waals surface area contributed by atoms with Gasteiger partial charge in [-0.25, -0.2) is 0 Å². The number of nitrogens with one attached hydrogen (secondary N) is 1. The Kier molecular flexibility index (Phi) is 5.95. The molecule has 0 unspecified atom stereocenters. The highest BCUT2D eigenvalue weighted by Gasteiger charge is 2.27. The Bertz CT molecular complexity index is 1370. The van der Waals surface area contributed by atoms with E-state index in [0.29, 0.717) is 21.5 Å². The molecular formula is C26H22Cl2N2O2S. The van der Waals surface area contributed by atoms with Gasteiger partial charge >= 0.3 is 0 Å². The number of para-hydroxylation sites is 1. The lowest BCUT2D eigenvalue weighted by atomic mass is 10.0. The van der Waals surface area contributed by atoms with Crippen LogP contribution in [-0.4, -0.2) is 26.6 Å². The molecule has 2 heterocycles. The zero-order valence-electron chi connectivity index (χ0n) is 18.2. The van der Waals surface area contributed by atoms with Crippen molar-refractivity contribution >= 4 is 56.2 Å². The van der Waals surface area contributed by atoms with Crippen molar-refractivity contribution in [1.29, 1.82) is 0 Å². The van der Waals surface area contributed by atoms with Gasteiger partial charge in [-0.15, -0.1) is 11.3 Å². The third-order valence-corrected chi connectivity index (χ3v) is 7.89. The lowest BCUT2D eigenvalue weighted by molar-refractivity contribution is 0.0929. The number of fused-ring (bicyclic) bond motifs is 2. The van der Waals surface area contributed by atoms with Crippen molar-refractivity contribution in [3.8, 4) is 16.9 Å². The lowest BCUT2D eigenvalue weighted by Crippen LogP contribution is -2.32. The number of benzene rings is 3. The largest absolute Gasteiger partial charge is 0.493 e. The molecule has 0 bridgehead atoms. The number of halogens is 2. The van der Waals surface area contributed by atoms with Crippen molar-refractivity contribution < 1.29 is 9.53 Å². The molecule has 1 aliphatic heterocycles. The fraction of sp³-hybridized carbons (Fsp3) is 0.192. The summed E-state index contributed by atoms with van der Waals surface area (Å²) in [5.41, 5.74) is 3.72. The van der Waals surface area contributed by atoms with Crippen LogP contribution in [0.4, 0.5) is 5.69 Å². The average Bonchev–Trinajstić information content (AvgIpc) is 3.22. The molecule has 1 N–H and O–H groups in total. The molecule has 5 rings (SSSR count). The van der Waals surface area contributed by atoms with E-state index in [-0.39, 0.29) is 11.9 Å². The summed E-state index contributed by atoms with van der Waals surface area (Å²) in [7, 11) is 3.92. The van der Waals surface area contributed by atoms with Crippen molar-refractivity contribution in [2.45, 2.75) is 12.5 Å². The van der Waals surface area contributed by atoms with Crippen molar-refractivity contribution in [3.63, 3.8) is 0 Å². The molecule has 1 amide bonds. The number of ether oxygens (including phenoxy) is 1. The Hall–Kier alpha value is -2.73. The Balaban J connectivity index is 1.60. The topological polar surface area (TPSA) is 41.6 Å². The molecule has 1 atom stereocenters. The number of anilines is 1. The second-order valence-electron chi connectivity index (χ2n) is 8.16. The Morgan fingerprint density at radius 1 is 1.03 bits per heavy atom. The van der Waals surface area contributed by atoms with Crippen LogP contribution < -0.4 is 15.0 Å². The molecule has 0 saturated carbocycles. The van der Waals surface area contributed by atoms with Gasteiger partial charge in [0, 0.05) is 47.3 Å². The third-order valence-electron chi connectivity index (χ3n) is 5.85. The second kappa shape index (κ2) is 8.90. The third kappa shape index (κ3) is 3.95. The van der Waals surface area contributed by atoms with E-state index in [1.807, 2.05) is 73.6 Å². The number of thiophene rings is 1. The zero-order chi connectivity index (χ0) is 23.1. The fourth-order valence-corrected chi connectivity index (χ4v) is 6.05. The molecule has 0 aliphatic carbocycles. The minimum absolute atomic E-state index is 0.0928. The number of hydrogen-bond acceptors (Lipinski definition) is 4. The number of hydrogen-bond donors (Lipinski definition) is 1. The minimum atomic E-state index is -0.0930. The Morgan fingerprint density at radius 2 is 1.79 bits per heavy atom.